The van der Waals surface area contributed by atoms with Gasteiger partial charge in [-0.25, -0.2) is 12.7 Å². The van der Waals surface area contributed by atoms with Gasteiger partial charge in [0.1, 0.15) is 0 Å². The lowest BCUT2D eigenvalue weighted by Gasteiger charge is -2.17. The van der Waals surface area contributed by atoms with E-state index in [-0.39, 0.29) is 23.3 Å². The van der Waals surface area contributed by atoms with Crippen LogP contribution in [0.5, 0.6) is 0 Å². The van der Waals surface area contributed by atoms with Gasteiger partial charge in [0.15, 0.2) is 0 Å². The number of nitrogens with zero attached hydrogens (tertiary/aromatic N) is 1. The zero-order valence-corrected chi connectivity index (χ0v) is 14.2. The molecule has 0 aliphatic carbocycles. The average Bonchev–Trinajstić information content (AvgIpc) is 2.47. The summed E-state index contributed by atoms with van der Waals surface area (Å²) in [5, 5.41) is 5.82. The molecule has 1 unspecified atom stereocenters. The van der Waals surface area contributed by atoms with Gasteiger partial charge in [0.25, 0.3) is 0 Å². The first-order chi connectivity index (χ1) is 10.2. The van der Waals surface area contributed by atoms with Crippen molar-refractivity contribution in [2.45, 2.75) is 18.7 Å². The highest BCUT2D eigenvalue weighted by atomic mass is 32.2. The quantitative estimate of drug-likeness (QED) is 0.690. The van der Waals surface area contributed by atoms with Crippen LogP contribution in [0.25, 0.3) is 0 Å². The number of nitrogens with one attached hydrogen (secondary N) is 2. The molecule has 7 nitrogen and oxygen atoms in total. The summed E-state index contributed by atoms with van der Waals surface area (Å²) in [4.78, 5) is 12.1. The third kappa shape index (κ3) is 4.19. The van der Waals surface area contributed by atoms with Crippen LogP contribution in [0, 0.1) is 5.92 Å². The molecule has 1 aromatic rings. The van der Waals surface area contributed by atoms with Crippen molar-refractivity contribution in [1.82, 2.24) is 4.31 Å². The van der Waals surface area contributed by atoms with Crippen molar-refractivity contribution >= 4 is 27.3 Å². The summed E-state index contributed by atoms with van der Waals surface area (Å²) in [5.74, 6) is -0.607. The number of carbonyl (C=O) groups is 1. The first-order valence-corrected chi connectivity index (χ1v) is 8.49. The number of hydrogen-bond donors (Lipinski definition) is 3. The molecule has 0 aliphatic rings. The number of amides is 1. The molecule has 4 N–H and O–H groups in total. The Morgan fingerprint density at radius 1 is 1.32 bits per heavy atom. The maximum absolute atomic E-state index is 12.2. The predicted molar refractivity (Wildman–Crippen MR) is 88.3 cm³/mol. The Kier molecular flexibility index (Phi) is 6.34. The molecule has 8 heteroatoms. The van der Waals surface area contributed by atoms with Gasteiger partial charge in [0.2, 0.25) is 15.9 Å². The van der Waals surface area contributed by atoms with Crippen LogP contribution in [0.1, 0.15) is 13.8 Å². The van der Waals surface area contributed by atoms with Crippen molar-refractivity contribution in [1.29, 1.82) is 0 Å². The molecule has 0 heterocycles. The number of anilines is 2. The topological polar surface area (TPSA) is 105 Å². The third-order valence-corrected chi connectivity index (χ3v) is 5.01. The predicted octanol–water partition coefficient (Wildman–Crippen LogP) is 0.902. The molecule has 0 saturated heterocycles. The van der Waals surface area contributed by atoms with E-state index in [9.17, 15) is 13.2 Å². The summed E-state index contributed by atoms with van der Waals surface area (Å²) in [5.41, 5.74) is 6.57. The molecule has 124 valence electrons. The van der Waals surface area contributed by atoms with Crippen molar-refractivity contribution in [2.24, 2.45) is 11.7 Å². The van der Waals surface area contributed by atoms with E-state index in [1.54, 1.807) is 13.0 Å². The highest BCUT2D eigenvalue weighted by Gasteiger charge is 2.20. The van der Waals surface area contributed by atoms with E-state index in [1.165, 1.54) is 26.2 Å². The van der Waals surface area contributed by atoms with Crippen LogP contribution in [0.4, 0.5) is 11.4 Å². The second kappa shape index (κ2) is 7.57. The van der Waals surface area contributed by atoms with Crippen LogP contribution < -0.4 is 16.4 Å². The number of benzene rings is 1. The molecule has 0 aliphatic heterocycles. The summed E-state index contributed by atoms with van der Waals surface area (Å²) >= 11 is 0. The Morgan fingerprint density at radius 2 is 1.95 bits per heavy atom. The third-order valence-electron chi connectivity index (χ3n) is 3.20. The van der Waals surface area contributed by atoms with Crippen LogP contribution in [0.2, 0.25) is 0 Å². The second-order valence-electron chi connectivity index (χ2n) is 5.15. The summed E-state index contributed by atoms with van der Waals surface area (Å²) < 4.78 is 25.5. The fourth-order valence-electron chi connectivity index (χ4n) is 1.71. The monoisotopic (exact) mass is 328 g/mol. The van der Waals surface area contributed by atoms with Gasteiger partial charge in [-0.3, -0.25) is 4.79 Å². The van der Waals surface area contributed by atoms with Gasteiger partial charge in [0.05, 0.1) is 16.3 Å². The molecule has 0 fully saturated rings. The van der Waals surface area contributed by atoms with Crippen molar-refractivity contribution in [3.05, 3.63) is 18.2 Å². The second-order valence-corrected chi connectivity index (χ2v) is 7.30. The molecule has 1 aromatic carbocycles. The minimum Gasteiger partial charge on any atom is -0.384 e. The molecule has 1 rings (SSSR count). The summed E-state index contributed by atoms with van der Waals surface area (Å²) in [6, 6.07) is 4.60. The number of sulfonamides is 1. The summed E-state index contributed by atoms with van der Waals surface area (Å²) in [6.45, 7) is 4.49. The molecule has 0 radical (unpaired) electrons. The summed E-state index contributed by atoms with van der Waals surface area (Å²) in [6.07, 6.45) is 0. The Balaban J connectivity index is 3.24. The molecule has 1 atom stereocenters. The highest BCUT2D eigenvalue weighted by molar-refractivity contribution is 7.89. The first kappa shape index (κ1) is 18.4. The fraction of sp³-hybridized carbons (Fsp3) is 0.500. The SMILES string of the molecule is CCNc1ccc(S(=O)(=O)N(C)C)cc1NC(=O)C(C)CN. The van der Waals surface area contributed by atoms with E-state index in [1.807, 2.05) is 6.92 Å². The Hall–Kier alpha value is -1.64. The fourth-order valence-corrected chi connectivity index (χ4v) is 2.63. The van der Waals surface area contributed by atoms with E-state index in [2.05, 4.69) is 10.6 Å². The van der Waals surface area contributed by atoms with Gasteiger partial charge in [0, 0.05) is 33.1 Å². The lowest BCUT2D eigenvalue weighted by Crippen LogP contribution is -2.27. The average molecular weight is 328 g/mol. The minimum absolute atomic E-state index is 0.120. The molecule has 22 heavy (non-hydrogen) atoms. The maximum atomic E-state index is 12.2. The first-order valence-electron chi connectivity index (χ1n) is 7.05. The van der Waals surface area contributed by atoms with Crippen LogP contribution in [-0.4, -0.2) is 45.8 Å². The molecular formula is C14H24N4O3S. The number of rotatable bonds is 7. The van der Waals surface area contributed by atoms with E-state index in [0.717, 1.165) is 4.31 Å². The van der Waals surface area contributed by atoms with Gasteiger partial charge in [-0.05, 0) is 25.1 Å². The summed E-state index contributed by atoms with van der Waals surface area (Å²) in [7, 11) is -0.642. The van der Waals surface area contributed by atoms with Crippen molar-refractivity contribution in [3.8, 4) is 0 Å². The van der Waals surface area contributed by atoms with Gasteiger partial charge in [-0.15, -0.1) is 0 Å². The van der Waals surface area contributed by atoms with Gasteiger partial charge in [-0.1, -0.05) is 6.92 Å². The van der Waals surface area contributed by atoms with Crippen LogP contribution in [0.15, 0.2) is 23.1 Å². The van der Waals surface area contributed by atoms with Crippen LogP contribution >= 0.6 is 0 Å². The van der Waals surface area contributed by atoms with Gasteiger partial charge < -0.3 is 16.4 Å². The van der Waals surface area contributed by atoms with Crippen molar-refractivity contribution in [3.63, 3.8) is 0 Å². The van der Waals surface area contributed by atoms with Crippen LogP contribution in [0.3, 0.4) is 0 Å². The Labute approximate surface area is 131 Å². The number of carbonyl (C=O) groups excluding carboxylic acids is 1. The number of hydrogen-bond acceptors (Lipinski definition) is 5. The molecule has 0 bridgehead atoms. The zero-order valence-electron chi connectivity index (χ0n) is 13.4. The van der Waals surface area contributed by atoms with Crippen molar-refractivity contribution in [2.75, 3.05) is 37.8 Å². The minimum atomic E-state index is -3.56. The van der Waals surface area contributed by atoms with Gasteiger partial charge >= 0.3 is 0 Å². The molecule has 0 aromatic heterocycles. The number of nitrogens with two attached hydrogens (primary N) is 1. The van der Waals surface area contributed by atoms with E-state index in [0.29, 0.717) is 17.9 Å². The largest absolute Gasteiger partial charge is 0.384 e. The smallest absolute Gasteiger partial charge is 0.242 e. The standard InChI is InChI=1S/C14H24N4O3S/c1-5-16-12-7-6-11(22(20,21)18(3)4)8-13(12)17-14(19)10(2)9-15/h6-8,10,16H,5,9,15H2,1-4H3,(H,17,19). The van der Waals surface area contributed by atoms with E-state index < -0.39 is 10.0 Å². The van der Waals surface area contributed by atoms with Crippen LogP contribution in [-0.2, 0) is 14.8 Å². The molecule has 1 amide bonds. The lowest BCUT2D eigenvalue weighted by molar-refractivity contribution is -0.119. The lowest BCUT2D eigenvalue weighted by atomic mass is 10.1. The normalized spacial score (nSPS) is 13.0. The van der Waals surface area contributed by atoms with E-state index >= 15 is 0 Å². The molecule has 0 saturated carbocycles. The van der Waals surface area contributed by atoms with Crippen molar-refractivity contribution < 1.29 is 13.2 Å². The van der Waals surface area contributed by atoms with E-state index in [4.69, 9.17) is 5.73 Å². The molecule has 0 spiro atoms. The highest BCUT2D eigenvalue weighted by Crippen LogP contribution is 2.27. The molecular weight excluding hydrogens is 304 g/mol. The maximum Gasteiger partial charge on any atom is 0.242 e. The van der Waals surface area contributed by atoms with Gasteiger partial charge in [-0.2, -0.15) is 0 Å². The Bertz CT molecular complexity index is 629. The Morgan fingerprint density at radius 3 is 2.45 bits per heavy atom. The zero-order chi connectivity index (χ0) is 16.9.